The number of rotatable bonds is 6. The van der Waals surface area contributed by atoms with Crippen LogP contribution in [0, 0.1) is 0 Å². The Balaban J connectivity index is 1.75. The number of sulfonamides is 1. The number of benzene rings is 2. The zero-order valence-corrected chi connectivity index (χ0v) is 18.9. The zero-order valence-electron chi connectivity index (χ0n) is 14.1. The van der Waals surface area contributed by atoms with E-state index in [-0.39, 0.29) is 16.4 Å². The molecular formula is C17H17Br2NO5S2. The van der Waals surface area contributed by atoms with Gasteiger partial charge in [0.15, 0.2) is 0 Å². The molecule has 0 bridgehead atoms. The van der Waals surface area contributed by atoms with Crippen LogP contribution >= 0.6 is 31.9 Å². The Labute approximate surface area is 176 Å². The first-order valence-electron chi connectivity index (χ1n) is 8.12. The monoisotopic (exact) mass is 537 g/mol. The maximum atomic E-state index is 12.9. The van der Waals surface area contributed by atoms with Crippen LogP contribution in [0.5, 0.6) is 0 Å². The molecule has 0 amide bonds. The highest BCUT2D eigenvalue weighted by atomic mass is 79.9. The minimum absolute atomic E-state index is 0.0333. The minimum Gasteiger partial charge on any atom is -0.265 e. The third kappa shape index (κ3) is 4.80. The predicted molar refractivity (Wildman–Crippen MR) is 108 cm³/mol. The van der Waals surface area contributed by atoms with E-state index in [1.165, 1.54) is 28.6 Å². The van der Waals surface area contributed by atoms with Gasteiger partial charge in [0.25, 0.3) is 10.1 Å². The third-order valence-corrected chi connectivity index (χ3v) is 8.58. The SMILES string of the molecule is O=S(=O)(OC[C@@H]1CCCN1S(=O)(=O)c1ccc(Br)cc1)c1ccc(Br)cc1. The highest BCUT2D eigenvalue weighted by Gasteiger charge is 2.36. The summed E-state index contributed by atoms with van der Waals surface area (Å²) in [6.45, 7) is 0.124. The summed E-state index contributed by atoms with van der Waals surface area (Å²) < 4.78 is 58.5. The van der Waals surface area contributed by atoms with Crippen LogP contribution < -0.4 is 0 Å². The van der Waals surface area contributed by atoms with Crippen LogP contribution in [0.1, 0.15) is 12.8 Å². The molecular weight excluding hydrogens is 522 g/mol. The van der Waals surface area contributed by atoms with Crippen LogP contribution in [0.2, 0.25) is 0 Å². The van der Waals surface area contributed by atoms with Crippen LogP contribution in [0.4, 0.5) is 0 Å². The van der Waals surface area contributed by atoms with Crippen molar-refractivity contribution < 1.29 is 21.0 Å². The van der Waals surface area contributed by atoms with Crippen LogP contribution in [0.15, 0.2) is 67.3 Å². The van der Waals surface area contributed by atoms with Crippen molar-refractivity contribution in [3.63, 3.8) is 0 Å². The van der Waals surface area contributed by atoms with Crippen molar-refractivity contribution in [2.75, 3.05) is 13.2 Å². The van der Waals surface area contributed by atoms with Gasteiger partial charge in [-0.1, -0.05) is 31.9 Å². The summed E-state index contributed by atoms with van der Waals surface area (Å²) in [6.07, 6.45) is 1.20. The first-order chi connectivity index (χ1) is 12.7. The molecule has 1 aliphatic rings. The molecule has 2 aromatic carbocycles. The van der Waals surface area contributed by atoms with Gasteiger partial charge in [0.05, 0.1) is 22.4 Å². The van der Waals surface area contributed by atoms with E-state index >= 15 is 0 Å². The van der Waals surface area contributed by atoms with Gasteiger partial charge < -0.3 is 0 Å². The normalized spacial score (nSPS) is 18.7. The van der Waals surface area contributed by atoms with Gasteiger partial charge in [-0.15, -0.1) is 0 Å². The molecule has 1 saturated heterocycles. The maximum Gasteiger partial charge on any atom is 0.297 e. The lowest BCUT2D eigenvalue weighted by atomic mass is 10.2. The first kappa shape index (κ1) is 20.9. The Morgan fingerprint density at radius 3 is 1.96 bits per heavy atom. The standard InChI is InChI=1S/C17H17Br2NO5S2/c18-13-3-7-16(8-4-13)26(21,22)20-11-1-2-15(20)12-25-27(23,24)17-9-5-14(19)6-10-17/h3-10,15H,1-2,11-12H2/t15-/m0/s1. The largest absolute Gasteiger partial charge is 0.297 e. The average molecular weight is 539 g/mol. The smallest absolute Gasteiger partial charge is 0.265 e. The van der Waals surface area contributed by atoms with Crippen LogP contribution in [-0.4, -0.2) is 40.3 Å². The quantitative estimate of drug-likeness (QED) is 0.523. The second-order valence-corrected chi connectivity index (χ2v) is 11.4. The molecule has 1 aliphatic heterocycles. The maximum absolute atomic E-state index is 12.9. The zero-order chi connectivity index (χ0) is 19.7. The third-order valence-electron chi connectivity index (χ3n) is 4.26. The lowest BCUT2D eigenvalue weighted by Crippen LogP contribution is -2.38. The van der Waals surface area contributed by atoms with E-state index in [2.05, 4.69) is 31.9 Å². The average Bonchev–Trinajstić information content (AvgIpc) is 3.10. The summed E-state index contributed by atoms with van der Waals surface area (Å²) in [4.78, 5) is 0.208. The predicted octanol–water partition coefficient (Wildman–Crippen LogP) is 3.77. The molecule has 1 atom stereocenters. The fourth-order valence-corrected chi connectivity index (χ4v) is 6.02. The molecule has 1 heterocycles. The number of nitrogens with zero attached hydrogens (tertiary/aromatic N) is 1. The van der Waals surface area contributed by atoms with Crippen molar-refractivity contribution >= 4 is 52.0 Å². The summed E-state index contributed by atoms with van der Waals surface area (Å²) in [7, 11) is -7.66. The topological polar surface area (TPSA) is 80.8 Å². The molecule has 0 aromatic heterocycles. The minimum atomic E-state index is -3.95. The lowest BCUT2D eigenvalue weighted by molar-refractivity contribution is 0.237. The molecule has 2 aromatic rings. The van der Waals surface area contributed by atoms with Crippen molar-refractivity contribution in [2.45, 2.75) is 28.7 Å². The van der Waals surface area contributed by atoms with E-state index in [1.807, 2.05) is 0 Å². The Morgan fingerprint density at radius 1 is 0.889 bits per heavy atom. The molecule has 6 nitrogen and oxygen atoms in total. The van der Waals surface area contributed by atoms with Gasteiger partial charge in [-0.3, -0.25) is 4.18 Å². The Morgan fingerprint density at radius 2 is 1.41 bits per heavy atom. The molecule has 10 heteroatoms. The Bertz CT molecular complexity index is 1010. The van der Waals surface area contributed by atoms with Gasteiger partial charge >= 0.3 is 0 Å². The van der Waals surface area contributed by atoms with E-state index in [0.29, 0.717) is 19.4 Å². The van der Waals surface area contributed by atoms with Crippen LogP contribution in [0.3, 0.4) is 0 Å². The van der Waals surface area contributed by atoms with Gasteiger partial charge in [-0.2, -0.15) is 12.7 Å². The van der Waals surface area contributed by atoms with Gasteiger partial charge in [0.2, 0.25) is 10.0 Å². The highest BCUT2D eigenvalue weighted by Crippen LogP contribution is 2.28. The molecule has 27 heavy (non-hydrogen) atoms. The second kappa shape index (κ2) is 8.30. The van der Waals surface area contributed by atoms with Gasteiger partial charge in [0.1, 0.15) is 0 Å². The molecule has 1 fully saturated rings. The molecule has 146 valence electrons. The molecule has 0 unspecified atom stereocenters. The van der Waals surface area contributed by atoms with Gasteiger partial charge in [-0.05, 0) is 61.4 Å². The van der Waals surface area contributed by atoms with E-state index in [0.717, 1.165) is 8.95 Å². The lowest BCUT2D eigenvalue weighted by Gasteiger charge is -2.23. The van der Waals surface area contributed by atoms with Crippen molar-refractivity contribution in [3.05, 3.63) is 57.5 Å². The molecule has 0 saturated carbocycles. The second-order valence-electron chi connectivity index (χ2n) is 6.06. The summed E-state index contributed by atoms with van der Waals surface area (Å²) in [6, 6.07) is 11.9. The highest BCUT2D eigenvalue weighted by molar-refractivity contribution is 9.10. The number of hydrogen-bond donors (Lipinski definition) is 0. The van der Waals surface area contributed by atoms with E-state index in [1.54, 1.807) is 24.3 Å². The summed E-state index contributed by atoms with van der Waals surface area (Å²) >= 11 is 6.53. The fraction of sp³-hybridized carbons (Fsp3) is 0.294. The Hall–Kier alpha value is -0.780. The van der Waals surface area contributed by atoms with Crippen LogP contribution in [0.25, 0.3) is 0 Å². The van der Waals surface area contributed by atoms with Crippen LogP contribution in [-0.2, 0) is 24.3 Å². The number of halogens is 2. The van der Waals surface area contributed by atoms with Crippen molar-refractivity contribution in [2.24, 2.45) is 0 Å². The summed E-state index contributed by atoms with van der Waals surface area (Å²) in [5.41, 5.74) is 0. The molecule has 0 spiro atoms. The van der Waals surface area contributed by atoms with Gasteiger partial charge in [-0.25, -0.2) is 8.42 Å². The summed E-state index contributed by atoms with van der Waals surface area (Å²) in [5, 5.41) is 0. The molecule has 0 N–H and O–H groups in total. The van der Waals surface area contributed by atoms with Crippen molar-refractivity contribution in [3.8, 4) is 0 Å². The molecule has 0 aliphatic carbocycles. The summed E-state index contributed by atoms with van der Waals surface area (Å²) in [5.74, 6) is 0. The molecule has 0 radical (unpaired) electrons. The van der Waals surface area contributed by atoms with E-state index in [9.17, 15) is 16.8 Å². The van der Waals surface area contributed by atoms with Gasteiger partial charge in [0, 0.05) is 15.5 Å². The Kier molecular flexibility index (Phi) is 6.44. The van der Waals surface area contributed by atoms with Crippen molar-refractivity contribution in [1.29, 1.82) is 0 Å². The van der Waals surface area contributed by atoms with Crippen molar-refractivity contribution in [1.82, 2.24) is 4.31 Å². The van der Waals surface area contributed by atoms with E-state index < -0.39 is 26.2 Å². The molecule has 3 rings (SSSR count). The first-order valence-corrected chi connectivity index (χ1v) is 12.6. The van der Waals surface area contributed by atoms with E-state index in [4.69, 9.17) is 4.18 Å². The fourth-order valence-electron chi connectivity index (χ4n) is 2.87. The number of hydrogen-bond acceptors (Lipinski definition) is 5.